The molecule has 1 unspecified atom stereocenters. The van der Waals surface area contributed by atoms with Crippen molar-refractivity contribution in [2.24, 2.45) is 0 Å². The van der Waals surface area contributed by atoms with Gasteiger partial charge < -0.3 is 5.32 Å². The third-order valence-corrected chi connectivity index (χ3v) is 3.59. The predicted octanol–water partition coefficient (Wildman–Crippen LogP) is 4.52. The van der Waals surface area contributed by atoms with Gasteiger partial charge in [-0.25, -0.2) is 4.98 Å². The van der Waals surface area contributed by atoms with E-state index in [0.29, 0.717) is 11.6 Å². The van der Waals surface area contributed by atoms with Crippen LogP contribution >= 0.6 is 0 Å². The molecule has 0 amide bonds. The van der Waals surface area contributed by atoms with Gasteiger partial charge in [-0.2, -0.15) is 0 Å². The van der Waals surface area contributed by atoms with Gasteiger partial charge >= 0.3 is 0 Å². The van der Waals surface area contributed by atoms with Gasteiger partial charge in [-0.1, -0.05) is 38.3 Å². The lowest BCUT2D eigenvalue weighted by Crippen LogP contribution is -2.15. The largest absolute Gasteiger partial charge is 0.382 e. The number of aromatic nitrogens is 1. The number of nitrogens with one attached hydrogen (secondary N) is 1. The van der Waals surface area contributed by atoms with E-state index >= 15 is 0 Å². The number of fused-ring (bicyclic) bond motifs is 1. The molecule has 0 spiro atoms. The Bertz CT molecular complexity index is 628. The maximum Gasteiger partial charge on any atom is 0.295 e. The van der Waals surface area contributed by atoms with E-state index in [1.54, 1.807) is 12.3 Å². The lowest BCUT2D eigenvalue weighted by Gasteiger charge is -2.16. The second-order valence-electron chi connectivity index (χ2n) is 5.33. The van der Waals surface area contributed by atoms with Gasteiger partial charge in [0.05, 0.1) is 4.92 Å². The van der Waals surface area contributed by atoms with Gasteiger partial charge in [-0.05, 0) is 19.4 Å². The van der Waals surface area contributed by atoms with Crippen LogP contribution in [0.1, 0.15) is 39.5 Å². The number of benzene rings is 1. The Labute approximate surface area is 124 Å². The molecule has 21 heavy (non-hydrogen) atoms. The zero-order valence-corrected chi connectivity index (χ0v) is 12.5. The highest BCUT2D eigenvalue weighted by atomic mass is 16.6. The number of hydrogen-bond acceptors (Lipinski definition) is 4. The summed E-state index contributed by atoms with van der Waals surface area (Å²) >= 11 is 0. The molecule has 0 aliphatic rings. The molecule has 5 nitrogen and oxygen atoms in total. The minimum Gasteiger partial charge on any atom is -0.382 e. The van der Waals surface area contributed by atoms with Gasteiger partial charge in [-0.3, -0.25) is 10.1 Å². The van der Waals surface area contributed by atoms with Crippen LogP contribution in [0.15, 0.2) is 30.5 Å². The van der Waals surface area contributed by atoms with Crippen LogP contribution in [0.25, 0.3) is 10.9 Å². The summed E-state index contributed by atoms with van der Waals surface area (Å²) in [5.74, 6) is 0. The second kappa shape index (κ2) is 7.02. The van der Waals surface area contributed by atoms with Gasteiger partial charge in [0.1, 0.15) is 5.52 Å². The van der Waals surface area contributed by atoms with Crippen molar-refractivity contribution in [3.05, 3.63) is 40.6 Å². The summed E-state index contributed by atoms with van der Waals surface area (Å²) in [5, 5.41) is 15.3. The summed E-state index contributed by atoms with van der Waals surface area (Å²) in [6.45, 7) is 4.33. The molecule has 2 aromatic rings. The number of rotatable bonds is 7. The first-order chi connectivity index (χ1) is 10.1. The van der Waals surface area contributed by atoms with Gasteiger partial charge in [0, 0.05) is 29.4 Å². The fourth-order valence-corrected chi connectivity index (χ4v) is 2.47. The quantitative estimate of drug-likeness (QED) is 0.461. The highest BCUT2D eigenvalue weighted by molar-refractivity contribution is 5.96. The third-order valence-electron chi connectivity index (χ3n) is 3.59. The SMILES string of the molecule is CCCCCC(C)Nc1ccnc2c([N+](=O)[O-])cccc12. The average Bonchev–Trinajstić information content (AvgIpc) is 2.47. The van der Waals surface area contributed by atoms with Crippen LogP contribution in [-0.2, 0) is 0 Å². The van der Waals surface area contributed by atoms with Crippen LogP contribution in [0.3, 0.4) is 0 Å². The average molecular weight is 287 g/mol. The van der Waals surface area contributed by atoms with Gasteiger partial charge in [-0.15, -0.1) is 0 Å². The van der Waals surface area contributed by atoms with E-state index in [9.17, 15) is 10.1 Å². The van der Waals surface area contributed by atoms with Crippen molar-refractivity contribution < 1.29 is 4.92 Å². The third kappa shape index (κ3) is 3.68. The minimum absolute atomic E-state index is 0.0507. The maximum atomic E-state index is 11.1. The Morgan fingerprint density at radius 1 is 1.33 bits per heavy atom. The van der Waals surface area contributed by atoms with E-state index in [1.165, 1.54) is 25.3 Å². The molecule has 112 valence electrons. The number of hydrogen-bond donors (Lipinski definition) is 1. The Kier molecular flexibility index (Phi) is 5.09. The number of pyridine rings is 1. The number of para-hydroxylation sites is 1. The molecular weight excluding hydrogens is 266 g/mol. The maximum absolute atomic E-state index is 11.1. The van der Waals surface area contributed by atoms with Crippen LogP contribution in [0.4, 0.5) is 11.4 Å². The standard InChI is InChI=1S/C16H21N3O2/c1-3-4-5-7-12(2)18-14-10-11-17-16-13(14)8-6-9-15(16)19(20)21/h6,8-12H,3-5,7H2,1-2H3,(H,17,18). The number of anilines is 1. The van der Waals surface area contributed by atoms with Crippen molar-refractivity contribution in [2.45, 2.75) is 45.6 Å². The number of non-ortho nitro benzene ring substituents is 1. The molecule has 1 aromatic carbocycles. The van der Waals surface area contributed by atoms with E-state index < -0.39 is 0 Å². The number of unbranched alkanes of at least 4 members (excludes halogenated alkanes) is 2. The molecule has 0 aliphatic heterocycles. The zero-order valence-electron chi connectivity index (χ0n) is 12.5. The zero-order chi connectivity index (χ0) is 15.2. The normalized spacial score (nSPS) is 12.3. The van der Waals surface area contributed by atoms with Crippen molar-refractivity contribution in [1.82, 2.24) is 4.98 Å². The summed E-state index contributed by atoms with van der Waals surface area (Å²) < 4.78 is 0. The van der Waals surface area contributed by atoms with Crippen LogP contribution in [0.2, 0.25) is 0 Å². The highest BCUT2D eigenvalue weighted by Crippen LogP contribution is 2.29. The van der Waals surface area contributed by atoms with E-state index in [4.69, 9.17) is 0 Å². The molecule has 0 bridgehead atoms. The Morgan fingerprint density at radius 2 is 2.14 bits per heavy atom. The highest BCUT2D eigenvalue weighted by Gasteiger charge is 2.15. The summed E-state index contributed by atoms with van der Waals surface area (Å²) in [7, 11) is 0. The fraction of sp³-hybridized carbons (Fsp3) is 0.438. The summed E-state index contributed by atoms with van der Waals surface area (Å²) in [5.41, 5.74) is 1.40. The Balaban J connectivity index is 2.24. The van der Waals surface area contributed by atoms with Crippen molar-refractivity contribution in [1.29, 1.82) is 0 Å². The lowest BCUT2D eigenvalue weighted by atomic mass is 10.1. The number of nitro groups is 1. The fourth-order valence-electron chi connectivity index (χ4n) is 2.47. The summed E-state index contributed by atoms with van der Waals surface area (Å²) in [6, 6.07) is 7.28. The van der Waals surface area contributed by atoms with Crippen molar-refractivity contribution in [3.8, 4) is 0 Å². The van der Waals surface area contributed by atoms with E-state index in [0.717, 1.165) is 17.5 Å². The molecule has 1 atom stereocenters. The number of nitrogens with zero attached hydrogens (tertiary/aromatic N) is 2. The number of nitro benzene ring substituents is 1. The molecule has 2 rings (SSSR count). The van der Waals surface area contributed by atoms with Crippen molar-refractivity contribution >= 4 is 22.3 Å². The van der Waals surface area contributed by atoms with Crippen molar-refractivity contribution in [3.63, 3.8) is 0 Å². The van der Waals surface area contributed by atoms with Crippen molar-refractivity contribution in [2.75, 3.05) is 5.32 Å². The molecule has 0 fully saturated rings. The molecule has 1 heterocycles. The van der Waals surface area contributed by atoms with Gasteiger partial charge in [0.25, 0.3) is 5.69 Å². The first-order valence-corrected chi connectivity index (χ1v) is 7.42. The molecule has 0 saturated carbocycles. The molecule has 1 N–H and O–H groups in total. The molecule has 0 radical (unpaired) electrons. The first-order valence-electron chi connectivity index (χ1n) is 7.42. The summed E-state index contributed by atoms with van der Waals surface area (Å²) in [4.78, 5) is 14.8. The van der Waals surface area contributed by atoms with E-state index in [2.05, 4.69) is 24.1 Å². The minimum atomic E-state index is -0.385. The molecule has 0 aliphatic carbocycles. The topological polar surface area (TPSA) is 68.1 Å². The molecule has 5 heteroatoms. The summed E-state index contributed by atoms with van der Waals surface area (Å²) in [6.07, 6.45) is 6.34. The van der Waals surface area contributed by atoms with E-state index in [-0.39, 0.29) is 10.6 Å². The second-order valence-corrected chi connectivity index (χ2v) is 5.33. The predicted molar refractivity (Wildman–Crippen MR) is 85.6 cm³/mol. The molecular formula is C16H21N3O2. The molecule has 0 saturated heterocycles. The van der Waals surface area contributed by atoms with Gasteiger partial charge in [0.2, 0.25) is 0 Å². The smallest absolute Gasteiger partial charge is 0.295 e. The van der Waals surface area contributed by atoms with Crippen LogP contribution in [0.5, 0.6) is 0 Å². The van der Waals surface area contributed by atoms with E-state index in [1.807, 2.05) is 12.1 Å². The molecule has 1 aromatic heterocycles. The van der Waals surface area contributed by atoms with Crippen LogP contribution in [0, 0.1) is 10.1 Å². The Morgan fingerprint density at radius 3 is 2.86 bits per heavy atom. The van der Waals surface area contributed by atoms with Crippen LogP contribution < -0.4 is 5.32 Å². The monoisotopic (exact) mass is 287 g/mol. The van der Waals surface area contributed by atoms with Crippen LogP contribution in [-0.4, -0.2) is 15.9 Å². The Hall–Kier alpha value is -2.17. The lowest BCUT2D eigenvalue weighted by molar-refractivity contribution is -0.383. The first kappa shape index (κ1) is 15.2. The van der Waals surface area contributed by atoms with Gasteiger partial charge in [0.15, 0.2) is 0 Å².